The fraction of sp³-hybridized carbons (Fsp3) is 0.111. The summed E-state index contributed by atoms with van der Waals surface area (Å²) in [4.78, 5) is 0. The highest BCUT2D eigenvalue weighted by Gasteiger charge is 2.46. The van der Waals surface area contributed by atoms with Crippen molar-refractivity contribution in [2.45, 2.75) is 5.41 Å². The van der Waals surface area contributed by atoms with E-state index in [0.717, 1.165) is 22.3 Å². The summed E-state index contributed by atoms with van der Waals surface area (Å²) in [5.74, 6) is 1.43. The maximum atomic E-state index is 9.34. The first-order valence-corrected chi connectivity index (χ1v) is 16.7. The third kappa shape index (κ3) is 5.36. The molecule has 2 N–H and O–H groups in total. The van der Waals surface area contributed by atoms with Gasteiger partial charge in [-0.05, 0) is 103 Å². The smallest absolute Gasteiger partial charge is 0.119 e. The minimum Gasteiger partial charge on any atom is -0.491 e. The second-order valence-electron chi connectivity index (χ2n) is 12.4. The molecule has 0 fully saturated rings. The second kappa shape index (κ2) is 13.1. The number of hydrogen-bond acceptors (Lipinski definition) is 4. The van der Waals surface area contributed by atoms with Gasteiger partial charge in [-0.15, -0.1) is 0 Å². The first-order chi connectivity index (χ1) is 24.2. The molecule has 0 saturated heterocycles. The predicted molar refractivity (Wildman–Crippen MR) is 197 cm³/mol. The van der Waals surface area contributed by atoms with Gasteiger partial charge in [-0.25, -0.2) is 0 Å². The molecule has 0 unspecified atom stereocenters. The molecular formula is C45H36O4. The second-order valence-corrected chi connectivity index (χ2v) is 12.4. The SMILES string of the molecule is OCCOc1ccc(C2(c3ccc(OCCO)cc3)c3ccccc3-c3ccc(-c4cccc(-c5cccc6ccccc56)c4)cc32)cc1. The van der Waals surface area contributed by atoms with Crippen LogP contribution in [0.2, 0.25) is 0 Å². The van der Waals surface area contributed by atoms with E-state index in [-0.39, 0.29) is 26.4 Å². The van der Waals surface area contributed by atoms with Crippen molar-refractivity contribution >= 4 is 10.8 Å². The lowest BCUT2D eigenvalue weighted by molar-refractivity contribution is 0.201. The number of hydrogen-bond donors (Lipinski definition) is 2. The molecule has 8 rings (SSSR count). The lowest BCUT2D eigenvalue weighted by Crippen LogP contribution is -2.28. The summed E-state index contributed by atoms with van der Waals surface area (Å²) in [6, 6.07) is 56.0. The zero-order valence-electron chi connectivity index (χ0n) is 27.1. The Kier molecular flexibility index (Phi) is 8.18. The fourth-order valence-electron chi connectivity index (χ4n) is 7.52. The van der Waals surface area contributed by atoms with Gasteiger partial charge in [-0.2, -0.15) is 0 Å². The quantitative estimate of drug-likeness (QED) is 0.156. The average Bonchev–Trinajstić information content (AvgIpc) is 3.47. The van der Waals surface area contributed by atoms with Crippen LogP contribution in [0.15, 0.2) is 158 Å². The Morgan fingerprint density at radius 3 is 1.69 bits per heavy atom. The molecule has 1 aliphatic carbocycles. The maximum Gasteiger partial charge on any atom is 0.119 e. The summed E-state index contributed by atoms with van der Waals surface area (Å²) in [7, 11) is 0. The first-order valence-electron chi connectivity index (χ1n) is 16.7. The molecule has 0 spiro atoms. The van der Waals surface area contributed by atoms with E-state index in [9.17, 15) is 10.2 Å². The molecule has 7 aromatic carbocycles. The number of ether oxygens (including phenoxy) is 2. The van der Waals surface area contributed by atoms with E-state index >= 15 is 0 Å². The van der Waals surface area contributed by atoms with Crippen molar-refractivity contribution in [1.82, 2.24) is 0 Å². The van der Waals surface area contributed by atoms with Crippen LogP contribution < -0.4 is 9.47 Å². The topological polar surface area (TPSA) is 58.9 Å². The molecule has 240 valence electrons. The number of aliphatic hydroxyl groups is 2. The molecule has 49 heavy (non-hydrogen) atoms. The van der Waals surface area contributed by atoms with E-state index in [1.54, 1.807) is 0 Å². The normalized spacial score (nSPS) is 12.8. The Labute approximate surface area is 286 Å². The van der Waals surface area contributed by atoms with Crippen LogP contribution in [0.3, 0.4) is 0 Å². The van der Waals surface area contributed by atoms with Gasteiger partial charge in [-0.3, -0.25) is 0 Å². The number of aliphatic hydroxyl groups excluding tert-OH is 2. The van der Waals surface area contributed by atoms with Gasteiger partial charge in [0.25, 0.3) is 0 Å². The van der Waals surface area contributed by atoms with Crippen molar-refractivity contribution in [2.24, 2.45) is 0 Å². The van der Waals surface area contributed by atoms with Gasteiger partial charge < -0.3 is 19.7 Å². The molecular weight excluding hydrogens is 604 g/mol. The van der Waals surface area contributed by atoms with Gasteiger partial charge in [0.2, 0.25) is 0 Å². The van der Waals surface area contributed by atoms with Crippen molar-refractivity contribution in [3.63, 3.8) is 0 Å². The summed E-state index contributed by atoms with van der Waals surface area (Å²) < 4.78 is 11.5. The lowest BCUT2D eigenvalue weighted by Gasteiger charge is -2.34. The average molecular weight is 641 g/mol. The van der Waals surface area contributed by atoms with E-state index < -0.39 is 5.41 Å². The van der Waals surface area contributed by atoms with Crippen LogP contribution in [0.1, 0.15) is 22.3 Å². The summed E-state index contributed by atoms with van der Waals surface area (Å²) in [6.07, 6.45) is 0. The van der Waals surface area contributed by atoms with Gasteiger partial charge in [0.05, 0.1) is 18.6 Å². The van der Waals surface area contributed by atoms with E-state index in [4.69, 9.17) is 9.47 Å². The third-order valence-electron chi connectivity index (χ3n) is 9.64. The monoisotopic (exact) mass is 640 g/mol. The molecule has 0 radical (unpaired) electrons. The molecule has 0 bridgehead atoms. The molecule has 0 amide bonds. The van der Waals surface area contributed by atoms with Crippen LogP contribution in [-0.2, 0) is 5.41 Å². The standard InChI is InChI=1S/C45H36O4/c46-25-27-48-37-20-16-35(17-21-37)45(36-18-22-38(23-19-36)49-28-26-47)43-14-4-3-12-41(43)42-24-15-33(30-44(42)45)32-9-5-10-34(29-32)40-13-6-8-31-7-1-2-11-39(31)40/h1-24,29-30,46-47H,25-28H2. The Balaban J connectivity index is 1.32. The molecule has 0 saturated carbocycles. The van der Waals surface area contributed by atoms with Gasteiger partial charge in [0.1, 0.15) is 24.7 Å². The highest BCUT2D eigenvalue weighted by atomic mass is 16.5. The summed E-state index contributed by atoms with van der Waals surface area (Å²) in [5.41, 5.74) is 11.1. The van der Waals surface area contributed by atoms with E-state index in [2.05, 4.69) is 133 Å². The molecule has 7 aromatic rings. The molecule has 4 nitrogen and oxygen atoms in total. The van der Waals surface area contributed by atoms with Gasteiger partial charge in [-0.1, -0.05) is 121 Å². The van der Waals surface area contributed by atoms with Crippen LogP contribution >= 0.6 is 0 Å². The largest absolute Gasteiger partial charge is 0.491 e. The zero-order chi connectivity index (χ0) is 33.2. The maximum absolute atomic E-state index is 9.34. The van der Waals surface area contributed by atoms with Crippen molar-refractivity contribution in [3.8, 4) is 44.9 Å². The number of fused-ring (bicyclic) bond motifs is 4. The first kappa shape index (κ1) is 30.6. The molecule has 1 aliphatic rings. The van der Waals surface area contributed by atoms with E-state index in [1.807, 2.05) is 24.3 Å². The molecule has 0 aliphatic heterocycles. The third-order valence-corrected chi connectivity index (χ3v) is 9.64. The van der Waals surface area contributed by atoms with Crippen LogP contribution in [0, 0.1) is 0 Å². The Morgan fingerprint density at radius 2 is 0.980 bits per heavy atom. The van der Waals surface area contributed by atoms with Crippen molar-refractivity contribution < 1.29 is 19.7 Å². The van der Waals surface area contributed by atoms with Gasteiger partial charge in [0.15, 0.2) is 0 Å². The Morgan fingerprint density at radius 1 is 0.429 bits per heavy atom. The number of benzene rings is 7. The van der Waals surface area contributed by atoms with Crippen molar-refractivity contribution in [3.05, 3.63) is 180 Å². The Bertz CT molecular complexity index is 2200. The summed E-state index contributed by atoms with van der Waals surface area (Å²) in [5, 5.41) is 21.1. The van der Waals surface area contributed by atoms with Gasteiger partial charge >= 0.3 is 0 Å². The minimum absolute atomic E-state index is 0.0401. The van der Waals surface area contributed by atoms with Crippen molar-refractivity contribution in [1.29, 1.82) is 0 Å². The molecule has 0 atom stereocenters. The predicted octanol–water partition coefficient (Wildman–Crippen LogP) is 9.28. The van der Waals surface area contributed by atoms with Crippen LogP contribution in [0.4, 0.5) is 0 Å². The van der Waals surface area contributed by atoms with E-state index in [0.29, 0.717) is 11.5 Å². The summed E-state index contributed by atoms with van der Waals surface area (Å²) >= 11 is 0. The molecule has 0 heterocycles. The zero-order valence-corrected chi connectivity index (χ0v) is 27.1. The van der Waals surface area contributed by atoms with Gasteiger partial charge in [0, 0.05) is 0 Å². The van der Waals surface area contributed by atoms with Crippen LogP contribution in [0.25, 0.3) is 44.2 Å². The van der Waals surface area contributed by atoms with Crippen LogP contribution in [0.5, 0.6) is 11.5 Å². The fourth-order valence-corrected chi connectivity index (χ4v) is 7.52. The molecule has 0 aromatic heterocycles. The van der Waals surface area contributed by atoms with E-state index in [1.165, 1.54) is 44.2 Å². The lowest BCUT2D eigenvalue weighted by atomic mass is 9.67. The number of rotatable bonds is 10. The highest BCUT2D eigenvalue weighted by Crippen LogP contribution is 2.57. The van der Waals surface area contributed by atoms with Crippen LogP contribution in [-0.4, -0.2) is 36.6 Å². The highest BCUT2D eigenvalue weighted by molar-refractivity contribution is 5.97. The Hall–Kier alpha value is -5.68. The minimum atomic E-state index is -0.625. The summed E-state index contributed by atoms with van der Waals surface area (Å²) in [6.45, 7) is 0.405. The molecule has 4 heteroatoms. The van der Waals surface area contributed by atoms with Crippen molar-refractivity contribution in [2.75, 3.05) is 26.4 Å².